The molecule has 0 aliphatic carbocycles. The third-order valence-electron chi connectivity index (χ3n) is 4.12. The number of nitrogens with one attached hydrogen (secondary N) is 1. The van der Waals surface area contributed by atoms with Gasteiger partial charge in [0.05, 0.1) is 0 Å². The van der Waals surface area contributed by atoms with E-state index in [1.54, 1.807) is 6.33 Å². The minimum absolute atomic E-state index is 0.691. The van der Waals surface area contributed by atoms with Gasteiger partial charge in [0.1, 0.15) is 12.1 Å². The van der Waals surface area contributed by atoms with Crippen molar-refractivity contribution in [3.8, 4) is 0 Å². The summed E-state index contributed by atoms with van der Waals surface area (Å²) in [7, 11) is 0. The number of piperidine rings is 1. The summed E-state index contributed by atoms with van der Waals surface area (Å²) in [5.41, 5.74) is 0.997. The molecule has 0 radical (unpaired) electrons. The Morgan fingerprint density at radius 2 is 2.19 bits per heavy atom. The van der Waals surface area contributed by atoms with Crippen LogP contribution in [0.5, 0.6) is 0 Å². The number of rotatable bonds is 5. The Kier molecular flexibility index (Phi) is 4.34. The van der Waals surface area contributed by atoms with Gasteiger partial charge in [0.15, 0.2) is 0 Å². The number of hydrogen-bond donors (Lipinski definition) is 1. The largest absolute Gasteiger partial charge is 0.356 e. The van der Waals surface area contributed by atoms with Gasteiger partial charge in [-0.2, -0.15) is 14.6 Å². The molecular weight excluding hydrogens is 264 g/mol. The Morgan fingerprint density at radius 3 is 2.95 bits per heavy atom. The molecule has 2 aromatic rings. The molecule has 1 saturated heterocycles. The van der Waals surface area contributed by atoms with E-state index in [0.717, 1.165) is 50.0 Å². The van der Waals surface area contributed by atoms with Crippen LogP contribution in [-0.4, -0.2) is 45.8 Å². The first-order valence-electron chi connectivity index (χ1n) is 7.91. The lowest BCUT2D eigenvalue weighted by molar-refractivity contribution is 0.372. The number of nitrogens with zero attached hydrogens (tertiary/aromatic N) is 5. The summed E-state index contributed by atoms with van der Waals surface area (Å²) in [5.74, 6) is 2.57. The predicted octanol–water partition coefficient (Wildman–Crippen LogP) is 1.65. The fraction of sp³-hybridized carbons (Fsp3) is 0.667. The Labute approximate surface area is 125 Å². The van der Waals surface area contributed by atoms with Crippen LogP contribution in [0.15, 0.2) is 12.4 Å². The SMILES string of the molecule is CCCN(CC1CCNCC1)c1cc(C)nc2ncnn12. The lowest BCUT2D eigenvalue weighted by atomic mass is 9.97. The smallest absolute Gasteiger partial charge is 0.254 e. The standard InChI is InChI=1S/C15H24N6/c1-3-8-20(10-13-4-6-16-7-5-13)14-9-12(2)19-15-17-11-18-21(14)15/h9,11,13,16H,3-8,10H2,1-2H3. The van der Waals surface area contributed by atoms with Gasteiger partial charge in [0, 0.05) is 24.8 Å². The van der Waals surface area contributed by atoms with Crippen LogP contribution >= 0.6 is 0 Å². The Bertz CT molecular complexity index is 587. The topological polar surface area (TPSA) is 58.3 Å². The minimum atomic E-state index is 0.691. The molecule has 3 rings (SSSR count). The molecule has 1 fully saturated rings. The minimum Gasteiger partial charge on any atom is -0.356 e. The van der Waals surface area contributed by atoms with Crippen molar-refractivity contribution in [2.75, 3.05) is 31.1 Å². The monoisotopic (exact) mass is 288 g/mol. The van der Waals surface area contributed by atoms with E-state index in [4.69, 9.17) is 0 Å². The van der Waals surface area contributed by atoms with E-state index in [0.29, 0.717) is 5.78 Å². The van der Waals surface area contributed by atoms with Crippen LogP contribution in [0.4, 0.5) is 5.82 Å². The summed E-state index contributed by atoms with van der Waals surface area (Å²) in [6.45, 7) is 8.66. The van der Waals surface area contributed by atoms with Crippen LogP contribution in [0.2, 0.25) is 0 Å². The molecule has 3 heterocycles. The van der Waals surface area contributed by atoms with Crippen molar-refractivity contribution in [3.63, 3.8) is 0 Å². The number of fused-ring (bicyclic) bond motifs is 1. The molecular formula is C15H24N6. The molecule has 1 aliphatic heterocycles. The van der Waals surface area contributed by atoms with Gasteiger partial charge in [-0.15, -0.1) is 0 Å². The van der Waals surface area contributed by atoms with Crippen molar-refractivity contribution in [1.82, 2.24) is 24.9 Å². The van der Waals surface area contributed by atoms with Crippen LogP contribution < -0.4 is 10.2 Å². The van der Waals surface area contributed by atoms with E-state index in [1.807, 2.05) is 11.4 Å². The first-order valence-corrected chi connectivity index (χ1v) is 7.91. The number of anilines is 1. The van der Waals surface area contributed by atoms with Crippen LogP contribution in [-0.2, 0) is 0 Å². The zero-order valence-electron chi connectivity index (χ0n) is 12.9. The van der Waals surface area contributed by atoms with Crippen LogP contribution in [0.1, 0.15) is 31.9 Å². The molecule has 6 heteroatoms. The highest BCUT2D eigenvalue weighted by Gasteiger charge is 2.19. The van der Waals surface area contributed by atoms with Crippen molar-refractivity contribution < 1.29 is 0 Å². The van der Waals surface area contributed by atoms with Crippen LogP contribution in [0, 0.1) is 12.8 Å². The molecule has 0 unspecified atom stereocenters. The Balaban J connectivity index is 1.88. The number of hydrogen-bond acceptors (Lipinski definition) is 5. The quantitative estimate of drug-likeness (QED) is 0.906. The molecule has 114 valence electrons. The molecule has 21 heavy (non-hydrogen) atoms. The molecule has 0 saturated carbocycles. The van der Waals surface area contributed by atoms with E-state index in [1.165, 1.54) is 12.8 Å². The van der Waals surface area contributed by atoms with Gasteiger partial charge >= 0.3 is 0 Å². The Hall–Kier alpha value is -1.69. The van der Waals surface area contributed by atoms with Crippen molar-refractivity contribution in [1.29, 1.82) is 0 Å². The molecule has 0 aromatic carbocycles. The molecule has 0 bridgehead atoms. The lowest BCUT2D eigenvalue weighted by Crippen LogP contribution is -2.37. The Morgan fingerprint density at radius 1 is 1.38 bits per heavy atom. The van der Waals surface area contributed by atoms with Gasteiger partial charge in [-0.1, -0.05) is 6.92 Å². The zero-order chi connectivity index (χ0) is 14.7. The maximum absolute atomic E-state index is 4.44. The number of aryl methyl sites for hydroxylation is 1. The van der Waals surface area contributed by atoms with Crippen molar-refractivity contribution in [2.24, 2.45) is 5.92 Å². The highest BCUT2D eigenvalue weighted by atomic mass is 15.4. The molecule has 6 nitrogen and oxygen atoms in total. The van der Waals surface area contributed by atoms with Crippen LogP contribution in [0.3, 0.4) is 0 Å². The molecule has 2 aromatic heterocycles. The summed E-state index contributed by atoms with van der Waals surface area (Å²) in [6.07, 6.45) is 5.22. The molecule has 0 spiro atoms. The van der Waals surface area contributed by atoms with Crippen molar-refractivity contribution in [2.45, 2.75) is 33.1 Å². The van der Waals surface area contributed by atoms with Crippen molar-refractivity contribution >= 4 is 11.6 Å². The summed E-state index contributed by atoms with van der Waals surface area (Å²) in [4.78, 5) is 11.1. The highest BCUT2D eigenvalue weighted by molar-refractivity contribution is 5.47. The maximum Gasteiger partial charge on any atom is 0.254 e. The molecule has 1 N–H and O–H groups in total. The average molecular weight is 288 g/mol. The third-order valence-corrected chi connectivity index (χ3v) is 4.12. The van der Waals surface area contributed by atoms with Gasteiger partial charge in [-0.05, 0) is 45.2 Å². The zero-order valence-corrected chi connectivity index (χ0v) is 12.9. The molecule has 0 atom stereocenters. The third kappa shape index (κ3) is 3.15. The first kappa shape index (κ1) is 14.3. The summed E-state index contributed by atoms with van der Waals surface area (Å²) in [5, 5.41) is 7.78. The van der Waals surface area contributed by atoms with Gasteiger partial charge in [0.25, 0.3) is 5.78 Å². The maximum atomic E-state index is 4.44. The first-order chi connectivity index (χ1) is 10.3. The van der Waals surface area contributed by atoms with Crippen LogP contribution in [0.25, 0.3) is 5.78 Å². The average Bonchev–Trinajstić information content (AvgIpc) is 2.95. The summed E-state index contributed by atoms with van der Waals surface area (Å²) >= 11 is 0. The van der Waals surface area contributed by atoms with E-state index < -0.39 is 0 Å². The lowest BCUT2D eigenvalue weighted by Gasteiger charge is -2.31. The van der Waals surface area contributed by atoms with E-state index >= 15 is 0 Å². The second-order valence-electron chi connectivity index (χ2n) is 5.87. The predicted molar refractivity (Wildman–Crippen MR) is 83.6 cm³/mol. The van der Waals surface area contributed by atoms with Crippen molar-refractivity contribution in [3.05, 3.63) is 18.1 Å². The van der Waals surface area contributed by atoms with Gasteiger partial charge in [0.2, 0.25) is 0 Å². The fourth-order valence-electron chi connectivity index (χ4n) is 3.08. The second-order valence-corrected chi connectivity index (χ2v) is 5.87. The fourth-order valence-corrected chi connectivity index (χ4v) is 3.08. The second kappa shape index (κ2) is 6.39. The van der Waals surface area contributed by atoms with E-state index in [-0.39, 0.29) is 0 Å². The normalized spacial score (nSPS) is 16.5. The van der Waals surface area contributed by atoms with Gasteiger partial charge in [-0.25, -0.2) is 4.98 Å². The summed E-state index contributed by atoms with van der Waals surface area (Å²) < 4.78 is 1.86. The molecule has 1 aliphatic rings. The summed E-state index contributed by atoms with van der Waals surface area (Å²) in [6, 6.07) is 2.12. The van der Waals surface area contributed by atoms with Gasteiger partial charge in [-0.3, -0.25) is 0 Å². The number of aromatic nitrogens is 4. The molecule has 0 amide bonds. The van der Waals surface area contributed by atoms with Gasteiger partial charge < -0.3 is 10.2 Å². The van der Waals surface area contributed by atoms with E-state index in [9.17, 15) is 0 Å². The van der Waals surface area contributed by atoms with E-state index in [2.05, 4.69) is 38.3 Å². The highest BCUT2D eigenvalue weighted by Crippen LogP contribution is 2.21.